The molecule has 88 valence electrons. The molecule has 0 aliphatic rings. The highest BCUT2D eigenvalue weighted by atomic mass is 16.5. The summed E-state index contributed by atoms with van der Waals surface area (Å²) in [5.41, 5.74) is 2.45. The number of hydrogen-bond acceptors (Lipinski definition) is 6. The maximum atomic E-state index is 5.40. The summed E-state index contributed by atoms with van der Waals surface area (Å²) >= 11 is 0. The first kappa shape index (κ1) is 12.4. The van der Waals surface area contributed by atoms with E-state index in [0.717, 1.165) is 6.42 Å². The lowest BCUT2D eigenvalue weighted by molar-refractivity contribution is 0.176. The minimum atomic E-state index is 0.313. The summed E-state index contributed by atoms with van der Waals surface area (Å²) in [5.74, 6) is 6.77. The molecule has 0 bridgehead atoms. The van der Waals surface area contributed by atoms with Crippen molar-refractivity contribution in [3.05, 3.63) is 24.5 Å². The van der Waals surface area contributed by atoms with Crippen molar-refractivity contribution in [2.75, 3.05) is 19.1 Å². The standard InChI is InChI=1S/C10H16N4O2/c1-3-4-5-16-10-6-8(14-11)12-9(13-10)7-15-2/h3,6H,1,4-5,7,11H2,2H3,(H,12,13,14). The maximum Gasteiger partial charge on any atom is 0.218 e. The minimum Gasteiger partial charge on any atom is -0.477 e. The van der Waals surface area contributed by atoms with Crippen LogP contribution in [-0.2, 0) is 11.3 Å². The molecule has 0 saturated heterocycles. The second-order valence-electron chi connectivity index (χ2n) is 3.01. The molecule has 1 heterocycles. The monoisotopic (exact) mass is 224 g/mol. The van der Waals surface area contributed by atoms with Crippen LogP contribution in [-0.4, -0.2) is 23.7 Å². The number of nitrogens with two attached hydrogens (primary N) is 1. The second-order valence-corrected chi connectivity index (χ2v) is 3.01. The Kier molecular flexibility index (Phi) is 5.24. The third-order valence-corrected chi connectivity index (χ3v) is 1.74. The Labute approximate surface area is 94.5 Å². The van der Waals surface area contributed by atoms with Gasteiger partial charge in [-0.15, -0.1) is 6.58 Å². The normalized spacial score (nSPS) is 9.88. The number of nitrogens with zero attached hydrogens (tertiary/aromatic N) is 2. The van der Waals surface area contributed by atoms with E-state index < -0.39 is 0 Å². The van der Waals surface area contributed by atoms with E-state index in [2.05, 4.69) is 22.0 Å². The first-order valence-electron chi connectivity index (χ1n) is 4.87. The van der Waals surface area contributed by atoms with Crippen molar-refractivity contribution < 1.29 is 9.47 Å². The second kappa shape index (κ2) is 6.76. The molecule has 1 aromatic heterocycles. The third-order valence-electron chi connectivity index (χ3n) is 1.74. The van der Waals surface area contributed by atoms with Gasteiger partial charge in [0.05, 0.1) is 6.61 Å². The highest BCUT2D eigenvalue weighted by Gasteiger charge is 2.04. The number of nitrogens with one attached hydrogen (secondary N) is 1. The lowest BCUT2D eigenvalue weighted by atomic mass is 10.4. The predicted molar refractivity (Wildman–Crippen MR) is 60.9 cm³/mol. The van der Waals surface area contributed by atoms with Gasteiger partial charge in [-0.05, 0) is 6.42 Å². The van der Waals surface area contributed by atoms with Crippen LogP contribution >= 0.6 is 0 Å². The summed E-state index contributed by atoms with van der Waals surface area (Å²) in [7, 11) is 1.57. The molecule has 6 nitrogen and oxygen atoms in total. The molecule has 3 N–H and O–H groups in total. The molecular weight excluding hydrogens is 208 g/mol. The van der Waals surface area contributed by atoms with Gasteiger partial charge in [-0.3, -0.25) is 0 Å². The van der Waals surface area contributed by atoms with Crippen molar-refractivity contribution in [1.29, 1.82) is 0 Å². The summed E-state index contributed by atoms with van der Waals surface area (Å²) < 4.78 is 10.3. The van der Waals surface area contributed by atoms with E-state index in [1.807, 2.05) is 0 Å². The highest BCUT2D eigenvalue weighted by molar-refractivity contribution is 5.36. The van der Waals surface area contributed by atoms with E-state index in [1.165, 1.54) is 0 Å². The number of hydrazine groups is 1. The number of hydrogen-bond donors (Lipinski definition) is 2. The summed E-state index contributed by atoms with van der Waals surface area (Å²) in [6, 6.07) is 1.63. The summed E-state index contributed by atoms with van der Waals surface area (Å²) in [6.45, 7) is 4.45. The van der Waals surface area contributed by atoms with Gasteiger partial charge in [0.1, 0.15) is 12.4 Å². The molecule has 0 amide bonds. The minimum absolute atomic E-state index is 0.313. The van der Waals surface area contributed by atoms with Crippen LogP contribution in [0.15, 0.2) is 18.7 Å². The molecule has 0 aliphatic heterocycles. The topological polar surface area (TPSA) is 82.3 Å². The molecule has 1 rings (SSSR count). The van der Waals surface area contributed by atoms with E-state index in [9.17, 15) is 0 Å². The van der Waals surface area contributed by atoms with Crippen LogP contribution in [0.4, 0.5) is 5.82 Å². The van der Waals surface area contributed by atoms with E-state index in [4.69, 9.17) is 15.3 Å². The lowest BCUT2D eigenvalue weighted by Crippen LogP contribution is -2.12. The average Bonchev–Trinajstić information content (AvgIpc) is 2.29. The van der Waals surface area contributed by atoms with Crippen molar-refractivity contribution in [1.82, 2.24) is 9.97 Å². The zero-order valence-electron chi connectivity index (χ0n) is 9.27. The third kappa shape index (κ3) is 3.84. The Morgan fingerprint density at radius 2 is 2.38 bits per heavy atom. The van der Waals surface area contributed by atoms with Crippen LogP contribution in [0.25, 0.3) is 0 Å². The van der Waals surface area contributed by atoms with Gasteiger partial charge in [-0.25, -0.2) is 10.8 Å². The Hall–Kier alpha value is -1.66. The predicted octanol–water partition coefficient (Wildman–Crippen LogP) is 0.863. The first-order valence-corrected chi connectivity index (χ1v) is 4.87. The number of ether oxygens (including phenoxy) is 2. The van der Waals surface area contributed by atoms with E-state index in [1.54, 1.807) is 19.3 Å². The van der Waals surface area contributed by atoms with Gasteiger partial charge in [-0.2, -0.15) is 4.98 Å². The number of methoxy groups -OCH3 is 1. The molecule has 16 heavy (non-hydrogen) atoms. The van der Waals surface area contributed by atoms with Gasteiger partial charge in [0.2, 0.25) is 5.88 Å². The van der Waals surface area contributed by atoms with Crippen molar-refractivity contribution in [2.24, 2.45) is 5.84 Å². The summed E-state index contributed by atoms with van der Waals surface area (Å²) in [6.07, 6.45) is 2.54. The Morgan fingerprint density at radius 1 is 1.56 bits per heavy atom. The molecule has 0 aliphatic carbocycles. The van der Waals surface area contributed by atoms with Gasteiger partial charge in [0.25, 0.3) is 0 Å². The van der Waals surface area contributed by atoms with Gasteiger partial charge in [0, 0.05) is 13.2 Å². The fourth-order valence-electron chi connectivity index (χ4n) is 1.06. The molecule has 0 unspecified atom stereocenters. The molecular formula is C10H16N4O2. The molecule has 6 heteroatoms. The van der Waals surface area contributed by atoms with Crippen LogP contribution in [0, 0.1) is 0 Å². The first-order chi connectivity index (χ1) is 7.80. The Bertz CT molecular complexity index is 344. The average molecular weight is 224 g/mol. The smallest absolute Gasteiger partial charge is 0.218 e. The number of nitrogen functional groups attached to an aromatic ring is 1. The van der Waals surface area contributed by atoms with Crippen LogP contribution in [0.2, 0.25) is 0 Å². The zero-order chi connectivity index (χ0) is 11.8. The van der Waals surface area contributed by atoms with Crippen LogP contribution in [0.5, 0.6) is 5.88 Å². The van der Waals surface area contributed by atoms with Crippen molar-refractivity contribution in [2.45, 2.75) is 13.0 Å². The lowest BCUT2D eigenvalue weighted by Gasteiger charge is -2.07. The Balaban J connectivity index is 2.73. The van der Waals surface area contributed by atoms with Crippen LogP contribution in [0.1, 0.15) is 12.2 Å². The molecule has 1 aromatic rings. The van der Waals surface area contributed by atoms with Gasteiger partial charge < -0.3 is 14.9 Å². The SMILES string of the molecule is C=CCCOc1cc(NN)nc(COC)n1. The molecule has 0 saturated carbocycles. The molecule has 0 spiro atoms. The van der Waals surface area contributed by atoms with Crippen molar-refractivity contribution in [3.63, 3.8) is 0 Å². The maximum absolute atomic E-state index is 5.40. The molecule has 0 aromatic carbocycles. The quantitative estimate of drug-likeness (QED) is 0.309. The van der Waals surface area contributed by atoms with Crippen LogP contribution < -0.4 is 16.0 Å². The van der Waals surface area contributed by atoms with Gasteiger partial charge >= 0.3 is 0 Å². The fourth-order valence-corrected chi connectivity index (χ4v) is 1.06. The molecule has 0 atom stereocenters. The van der Waals surface area contributed by atoms with Gasteiger partial charge in [-0.1, -0.05) is 6.08 Å². The highest BCUT2D eigenvalue weighted by Crippen LogP contribution is 2.13. The molecule has 0 fully saturated rings. The van der Waals surface area contributed by atoms with Crippen molar-refractivity contribution >= 4 is 5.82 Å². The summed E-state index contributed by atoms with van der Waals surface area (Å²) in [4.78, 5) is 8.25. The zero-order valence-corrected chi connectivity index (χ0v) is 9.27. The number of aromatic nitrogens is 2. The van der Waals surface area contributed by atoms with Crippen molar-refractivity contribution in [3.8, 4) is 5.88 Å². The van der Waals surface area contributed by atoms with E-state index in [-0.39, 0.29) is 0 Å². The van der Waals surface area contributed by atoms with E-state index >= 15 is 0 Å². The summed E-state index contributed by atoms with van der Waals surface area (Å²) in [5, 5.41) is 0. The Morgan fingerprint density at radius 3 is 3.00 bits per heavy atom. The largest absolute Gasteiger partial charge is 0.477 e. The van der Waals surface area contributed by atoms with Crippen LogP contribution in [0.3, 0.4) is 0 Å². The number of rotatable bonds is 7. The van der Waals surface area contributed by atoms with E-state index in [0.29, 0.717) is 30.7 Å². The van der Waals surface area contributed by atoms with Gasteiger partial charge in [0.15, 0.2) is 5.82 Å². The fraction of sp³-hybridized carbons (Fsp3) is 0.400. The molecule has 0 radical (unpaired) electrons. The number of anilines is 1.